The quantitative estimate of drug-likeness (QED) is 0.733. The molecule has 16 heavy (non-hydrogen) atoms. The number of hydrogen-bond donors (Lipinski definition) is 0. The van der Waals surface area contributed by atoms with Crippen LogP contribution in [-0.4, -0.2) is 11.9 Å². The Bertz CT molecular complexity index is 507. The first-order valence-corrected chi connectivity index (χ1v) is 5.22. The number of aromatic nitrogens is 1. The summed E-state index contributed by atoms with van der Waals surface area (Å²) >= 11 is 0. The van der Waals surface area contributed by atoms with Crippen LogP contribution in [0.4, 0.5) is 5.82 Å². The van der Waals surface area contributed by atoms with E-state index in [1.54, 1.807) is 0 Å². The van der Waals surface area contributed by atoms with Crippen molar-refractivity contribution in [3.63, 3.8) is 0 Å². The largest absolute Gasteiger partial charge is 0.473 e. The minimum atomic E-state index is 0.517. The molecule has 82 valence electrons. The van der Waals surface area contributed by atoms with Gasteiger partial charge in [0.25, 0.3) is 0 Å². The molecule has 2 heterocycles. The van der Waals surface area contributed by atoms with Gasteiger partial charge in [-0.15, -0.1) is 0 Å². The zero-order valence-corrected chi connectivity index (χ0v) is 9.01. The third kappa shape index (κ3) is 1.52. The summed E-state index contributed by atoms with van der Waals surface area (Å²) in [7, 11) is 0. The molecule has 4 heteroatoms. The van der Waals surface area contributed by atoms with Crippen LogP contribution in [0.3, 0.4) is 0 Å². The lowest BCUT2D eigenvalue weighted by molar-refractivity contribution is 0.285. The van der Waals surface area contributed by atoms with Gasteiger partial charge in [0.1, 0.15) is 11.5 Å². The molecule has 0 aliphatic carbocycles. The third-order valence-corrected chi connectivity index (χ3v) is 2.65. The van der Waals surface area contributed by atoms with Crippen LogP contribution < -0.4 is 9.64 Å². The fourth-order valence-electron chi connectivity index (χ4n) is 1.82. The second kappa shape index (κ2) is 3.56. The van der Waals surface area contributed by atoms with Crippen LogP contribution in [0.1, 0.15) is 11.3 Å². The molecule has 0 fully saturated rings. The van der Waals surface area contributed by atoms with Gasteiger partial charge < -0.3 is 14.2 Å². The smallest absolute Gasteiger partial charge is 0.175 e. The van der Waals surface area contributed by atoms with E-state index in [0.717, 1.165) is 23.9 Å². The minimum absolute atomic E-state index is 0.517. The van der Waals surface area contributed by atoms with Crippen LogP contribution in [0.2, 0.25) is 0 Å². The highest BCUT2D eigenvalue weighted by Gasteiger charge is 2.19. The first-order chi connectivity index (χ1) is 7.83. The van der Waals surface area contributed by atoms with Crippen molar-refractivity contribution in [2.75, 3.05) is 11.6 Å². The first kappa shape index (κ1) is 9.27. The summed E-state index contributed by atoms with van der Waals surface area (Å²) in [6.45, 7) is 3.21. The van der Waals surface area contributed by atoms with Crippen LogP contribution in [0.15, 0.2) is 34.9 Å². The maximum absolute atomic E-state index is 5.64. The summed E-state index contributed by atoms with van der Waals surface area (Å²) in [5, 5.41) is 3.98. The molecule has 0 spiro atoms. The van der Waals surface area contributed by atoms with Crippen LogP contribution in [-0.2, 0) is 6.54 Å². The summed E-state index contributed by atoms with van der Waals surface area (Å²) < 4.78 is 10.7. The van der Waals surface area contributed by atoms with Crippen molar-refractivity contribution in [2.45, 2.75) is 13.5 Å². The molecule has 4 nitrogen and oxygen atoms in total. The Balaban J connectivity index is 1.88. The highest BCUT2D eigenvalue weighted by atomic mass is 16.5. The fraction of sp³-hybridized carbons (Fsp3) is 0.250. The van der Waals surface area contributed by atoms with Gasteiger partial charge >= 0.3 is 0 Å². The van der Waals surface area contributed by atoms with Gasteiger partial charge in [-0.05, 0) is 13.0 Å². The number of para-hydroxylation sites is 1. The average molecular weight is 216 g/mol. The lowest BCUT2D eigenvalue weighted by atomic mass is 10.1. The Hall–Kier alpha value is -1.97. The summed E-state index contributed by atoms with van der Waals surface area (Å²) in [6, 6.07) is 9.96. The summed E-state index contributed by atoms with van der Waals surface area (Å²) in [5.41, 5.74) is 1.18. The van der Waals surface area contributed by atoms with E-state index in [0.29, 0.717) is 6.73 Å². The molecule has 0 bridgehead atoms. The molecule has 2 aromatic rings. The number of rotatable bonds is 1. The molecule has 1 aromatic heterocycles. The van der Waals surface area contributed by atoms with Crippen molar-refractivity contribution in [2.24, 2.45) is 0 Å². The van der Waals surface area contributed by atoms with Crippen molar-refractivity contribution >= 4 is 5.82 Å². The van der Waals surface area contributed by atoms with E-state index < -0.39 is 0 Å². The molecule has 0 saturated carbocycles. The molecule has 3 rings (SSSR count). The number of ether oxygens (including phenoxy) is 1. The fourth-order valence-corrected chi connectivity index (χ4v) is 1.82. The van der Waals surface area contributed by atoms with Crippen molar-refractivity contribution < 1.29 is 9.26 Å². The van der Waals surface area contributed by atoms with Crippen molar-refractivity contribution in [1.29, 1.82) is 0 Å². The molecule has 0 radical (unpaired) electrons. The van der Waals surface area contributed by atoms with Crippen LogP contribution in [0, 0.1) is 6.92 Å². The topological polar surface area (TPSA) is 38.5 Å². The monoisotopic (exact) mass is 216 g/mol. The second-order valence-corrected chi connectivity index (χ2v) is 3.87. The Morgan fingerprint density at radius 1 is 1.31 bits per heavy atom. The van der Waals surface area contributed by atoms with Gasteiger partial charge in [-0.2, -0.15) is 0 Å². The predicted octanol–water partition coefficient (Wildman–Crippen LogP) is 2.34. The zero-order valence-electron chi connectivity index (χ0n) is 9.01. The van der Waals surface area contributed by atoms with E-state index in [-0.39, 0.29) is 0 Å². The summed E-state index contributed by atoms with van der Waals surface area (Å²) in [5.74, 6) is 2.60. The minimum Gasteiger partial charge on any atom is -0.473 e. The van der Waals surface area contributed by atoms with Crippen molar-refractivity contribution in [3.05, 3.63) is 41.7 Å². The number of aryl methyl sites for hydroxylation is 1. The van der Waals surface area contributed by atoms with Crippen LogP contribution in [0.25, 0.3) is 0 Å². The Labute approximate surface area is 93.4 Å². The van der Waals surface area contributed by atoms with E-state index in [1.807, 2.05) is 36.1 Å². The highest BCUT2D eigenvalue weighted by molar-refractivity contribution is 5.44. The maximum Gasteiger partial charge on any atom is 0.175 e. The van der Waals surface area contributed by atoms with Gasteiger partial charge in [-0.3, -0.25) is 0 Å². The van der Waals surface area contributed by atoms with Gasteiger partial charge in [0, 0.05) is 11.6 Å². The maximum atomic E-state index is 5.64. The van der Waals surface area contributed by atoms with Gasteiger partial charge in [0.15, 0.2) is 12.5 Å². The first-order valence-electron chi connectivity index (χ1n) is 5.22. The number of fused-ring (bicyclic) bond motifs is 1. The Morgan fingerprint density at radius 3 is 3.00 bits per heavy atom. The lowest BCUT2D eigenvalue weighted by Crippen LogP contribution is -2.31. The van der Waals surface area contributed by atoms with E-state index in [4.69, 9.17) is 9.26 Å². The number of benzene rings is 1. The average Bonchev–Trinajstić information content (AvgIpc) is 2.75. The number of nitrogens with zero attached hydrogens (tertiary/aromatic N) is 2. The van der Waals surface area contributed by atoms with Crippen molar-refractivity contribution in [1.82, 2.24) is 5.16 Å². The van der Waals surface area contributed by atoms with Crippen LogP contribution in [0.5, 0.6) is 5.75 Å². The van der Waals surface area contributed by atoms with Crippen LogP contribution >= 0.6 is 0 Å². The molecule has 0 saturated heterocycles. The predicted molar refractivity (Wildman–Crippen MR) is 59.4 cm³/mol. The molecule has 0 atom stereocenters. The molecule has 0 unspecified atom stereocenters. The summed E-state index contributed by atoms with van der Waals surface area (Å²) in [4.78, 5) is 2.04. The van der Waals surface area contributed by atoms with E-state index in [9.17, 15) is 0 Å². The standard InChI is InChI=1S/C12H12N2O2/c1-9-6-12(13-16-9)14-7-10-4-2-3-5-11(10)15-8-14/h2-6H,7-8H2,1H3. The SMILES string of the molecule is Cc1cc(N2COc3ccccc3C2)no1. The van der Waals surface area contributed by atoms with Gasteiger partial charge in [0.05, 0.1) is 6.54 Å². The molecule has 1 aromatic carbocycles. The molecule has 0 N–H and O–H groups in total. The molecule has 0 amide bonds. The molecular formula is C12H12N2O2. The lowest BCUT2D eigenvalue weighted by Gasteiger charge is -2.28. The zero-order chi connectivity index (χ0) is 11.0. The number of hydrogen-bond acceptors (Lipinski definition) is 4. The Morgan fingerprint density at radius 2 is 2.19 bits per heavy atom. The molecule has 1 aliphatic heterocycles. The van der Waals surface area contributed by atoms with E-state index in [2.05, 4.69) is 11.2 Å². The highest BCUT2D eigenvalue weighted by Crippen LogP contribution is 2.27. The van der Waals surface area contributed by atoms with Gasteiger partial charge in [-0.1, -0.05) is 23.4 Å². The second-order valence-electron chi connectivity index (χ2n) is 3.87. The van der Waals surface area contributed by atoms with E-state index in [1.165, 1.54) is 5.56 Å². The summed E-state index contributed by atoms with van der Waals surface area (Å²) in [6.07, 6.45) is 0. The normalized spacial score (nSPS) is 14.4. The van der Waals surface area contributed by atoms with Gasteiger partial charge in [0.2, 0.25) is 0 Å². The van der Waals surface area contributed by atoms with Gasteiger partial charge in [-0.25, -0.2) is 0 Å². The third-order valence-electron chi connectivity index (χ3n) is 2.65. The van der Waals surface area contributed by atoms with Crippen molar-refractivity contribution in [3.8, 4) is 5.75 Å². The molecular weight excluding hydrogens is 204 g/mol. The Kier molecular flexibility index (Phi) is 2.06. The molecule has 1 aliphatic rings. The van der Waals surface area contributed by atoms with E-state index >= 15 is 0 Å². The number of anilines is 1.